The number of anilines is 1. The van der Waals surface area contributed by atoms with Gasteiger partial charge in [0.05, 0.1) is 11.3 Å². The smallest absolute Gasteiger partial charge is 0.259 e. The Morgan fingerprint density at radius 2 is 1.51 bits per heavy atom. The first kappa shape index (κ1) is 24.0. The highest BCUT2D eigenvalue weighted by atomic mass is 35.5. The van der Waals surface area contributed by atoms with Crippen molar-refractivity contribution >= 4 is 35.1 Å². The molecule has 1 aromatic heterocycles. The summed E-state index contributed by atoms with van der Waals surface area (Å²) in [5.74, 6) is -0.436. The van der Waals surface area contributed by atoms with Crippen LogP contribution >= 0.6 is 11.6 Å². The van der Waals surface area contributed by atoms with Gasteiger partial charge in [0.2, 0.25) is 0 Å². The molecule has 180 valence electrons. The maximum Gasteiger partial charge on any atom is 0.259 e. The quantitative estimate of drug-likeness (QED) is 0.186. The second-order valence-corrected chi connectivity index (χ2v) is 8.76. The lowest BCUT2D eigenvalue weighted by molar-refractivity contribution is 0.102. The van der Waals surface area contributed by atoms with Crippen LogP contribution in [0.15, 0.2) is 121 Å². The van der Waals surface area contributed by atoms with Gasteiger partial charge in [0.25, 0.3) is 5.91 Å². The molecular formula is C31H22ClN3O2. The Balaban J connectivity index is 1.35. The van der Waals surface area contributed by atoms with Crippen molar-refractivity contribution < 1.29 is 9.59 Å². The van der Waals surface area contributed by atoms with E-state index >= 15 is 0 Å². The van der Waals surface area contributed by atoms with Gasteiger partial charge in [-0.3, -0.25) is 9.59 Å². The van der Waals surface area contributed by atoms with E-state index in [1.165, 1.54) is 6.08 Å². The third-order valence-corrected chi connectivity index (χ3v) is 5.97. The fraction of sp³-hybridized carbons (Fsp3) is 0. The molecule has 0 aliphatic rings. The van der Waals surface area contributed by atoms with Gasteiger partial charge in [-0.25, -0.2) is 4.68 Å². The van der Waals surface area contributed by atoms with Crippen LogP contribution in [0.4, 0.5) is 5.69 Å². The molecule has 5 aromatic rings. The number of benzene rings is 4. The van der Waals surface area contributed by atoms with Crippen LogP contribution in [0.3, 0.4) is 0 Å². The van der Waals surface area contributed by atoms with Gasteiger partial charge in [-0.1, -0.05) is 78.3 Å². The summed E-state index contributed by atoms with van der Waals surface area (Å²) in [4.78, 5) is 25.9. The van der Waals surface area contributed by atoms with Crippen molar-refractivity contribution in [3.63, 3.8) is 0 Å². The van der Waals surface area contributed by atoms with E-state index in [1.807, 2.05) is 72.8 Å². The van der Waals surface area contributed by atoms with Crippen LogP contribution in [0.25, 0.3) is 23.0 Å². The number of para-hydroxylation sites is 1. The Morgan fingerprint density at radius 1 is 0.811 bits per heavy atom. The van der Waals surface area contributed by atoms with Crippen LogP contribution in [-0.2, 0) is 0 Å². The number of rotatable bonds is 7. The van der Waals surface area contributed by atoms with Gasteiger partial charge < -0.3 is 5.32 Å². The summed E-state index contributed by atoms with van der Waals surface area (Å²) in [6.45, 7) is 0. The predicted molar refractivity (Wildman–Crippen MR) is 148 cm³/mol. The minimum atomic E-state index is -0.291. The number of hydrogen-bond acceptors (Lipinski definition) is 3. The molecule has 0 unspecified atom stereocenters. The zero-order valence-corrected chi connectivity index (χ0v) is 20.5. The van der Waals surface area contributed by atoms with Crippen molar-refractivity contribution in [3.8, 4) is 16.9 Å². The molecule has 0 saturated carbocycles. The molecule has 1 N–H and O–H groups in total. The van der Waals surface area contributed by atoms with E-state index in [0.29, 0.717) is 27.5 Å². The first-order valence-corrected chi connectivity index (χ1v) is 12.0. The molecule has 0 fully saturated rings. The van der Waals surface area contributed by atoms with Gasteiger partial charge in [-0.05, 0) is 60.2 Å². The summed E-state index contributed by atoms with van der Waals surface area (Å²) in [6, 6.07) is 33.3. The second kappa shape index (κ2) is 10.9. The van der Waals surface area contributed by atoms with Crippen molar-refractivity contribution in [2.24, 2.45) is 0 Å². The van der Waals surface area contributed by atoms with E-state index in [2.05, 4.69) is 5.32 Å². The summed E-state index contributed by atoms with van der Waals surface area (Å²) < 4.78 is 1.70. The van der Waals surface area contributed by atoms with Crippen molar-refractivity contribution in [2.45, 2.75) is 0 Å². The van der Waals surface area contributed by atoms with Crippen molar-refractivity contribution in [3.05, 3.63) is 143 Å². The maximum absolute atomic E-state index is 13.3. The lowest BCUT2D eigenvalue weighted by atomic mass is 10.1. The Morgan fingerprint density at radius 3 is 2.22 bits per heavy atom. The first-order valence-electron chi connectivity index (χ1n) is 11.7. The standard InChI is InChI=1S/C31H22ClN3O2/c32-25-11-7-8-22(20-25)14-19-29(36)23-15-17-26(18-16-23)33-31(37)28-21-35(27-12-5-2-6-13-27)34-30(28)24-9-3-1-4-10-24/h1-21H,(H,33,37)/b19-14+. The molecule has 37 heavy (non-hydrogen) atoms. The van der Waals surface area contributed by atoms with Gasteiger partial charge in [-0.2, -0.15) is 5.10 Å². The first-order chi connectivity index (χ1) is 18.1. The van der Waals surface area contributed by atoms with E-state index in [0.717, 1.165) is 16.8 Å². The highest BCUT2D eigenvalue weighted by Crippen LogP contribution is 2.25. The third-order valence-electron chi connectivity index (χ3n) is 5.73. The Hall–Kier alpha value is -4.74. The largest absolute Gasteiger partial charge is 0.322 e. The van der Waals surface area contributed by atoms with Crippen LogP contribution in [0.2, 0.25) is 5.02 Å². The van der Waals surface area contributed by atoms with Crippen LogP contribution < -0.4 is 5.32 Å². The molecule has 1 amide bonds. The molecular weight excluding hydrogens is 482 g/mol. The number of ketones is 1. The van der Waals surface area contributed by atoms with Crippen LogP contribution in [0.1, 0.15) is 26.3 Å². The SMILES string of the molecule is O=C(/C=C/c1cccc(Cl)c1)c1ccc(NC(=O)c2cn(-c3ccccc3)nc2-c2ccccc2)cc1. The summed E-state index contributed by atoms with van der Waals surface area (Å²) >= 11 is 6.00. The molecule has 1 heterocycles. The fourth-order valence-electron chi connectivity index (χ4n) is 3.86. The zero-order valence-electron chi connectivity index (χ0n) is 19.7. The van der Waals surface area contributed by atoms with Gasteiger partial charge in [0, 0.05) is 28.0 Å². The van der Waals surface area contributed by atoms with Gasteiger partial charge in [0.15, 0.2) is 5.78 Å². The number of carbonyl (C=O) groups excluding carboxylic acids is 2. The van der Waals surface area contributed by atoms with Gasteiger partial charge in [-0.15, -0.1) is 0 Å². The topological polar surface area (TPSA) is 64.0 Å². The number of carbonyl (C=O) groups is 2. The highest BCUT2D eigenvalue weighted by molar-refractivity contribution is 6.30. The molecule has 0 atom stereocenters. The zero-order chi connectivity index (χ0) is 25.6. The van der Waals surface area contributed by atoms with E-state index in [1.54, 1.807) is 53.4 Å². The van der Waals surface area contributed by atoms with Gasteiger partial charge in [0.1, 0.15) is 5.69 Å². The van der Waals surface area contributed by atoms with Crippen LogP contribution in [0, 0.1) is 0 Å². The van der Waals surface area contributed by atoms with E-state index in [-0.39, 0.29) is 11.7 Å². The molecule has 4 aromatic carbocycles. The molecule has 0 aliphatic carbocycles. The van der Waals surface area contributed by atoms with Crippen LogP contribution in [-0.4, -0.2) is 21.5 Å². The molecule has 0 spiro atoms. The number of nitrogens with zero attached hydrogens (tertiary/aromatic N) is 2. The number of allylic oxidation sites excluding steroid dienone is 1. The average Bonchev–Trinajstić information content (AvgIpc) is 3.39. The van der Waals surface area contributed by atoms with Crippen molar-refractivity contribution in [2.75, 3.05) is 5.32 Å². The summed E-state index contributed by atoms with van der Waals surface area (Å²) in [6.07, 6.45) is 4.95. The number of nitrogens with one attached hydrogen (secondary N) is 1. The molecule has 5 nitrogen and oxygen atoms in total. The second-order valence-electron chi connectivity index (χ2n) is 8.32. The lowest BCUT2D eigenvalue weighted by Gasteiger charge is -2.06. The molecule has 0 saturated heterocycles. The van der Waals surface area contributed by atoms with Crippen LogP contribution in [0.5, 0.6) is 0 Å². The molecule has 0 bridgehead atoms. The van der Waals surface area contributed by atoms with E-state index < -0.39 is 0 Å². The Kier molecular flexibility index (Phi) is 7.06. The predicted octanol–water partition coefficient (Wildman–Crippen LogP) is 7.34. The molecule has 6 heteroatoms. The third kappa shape index (κ3) is 5.74. The van der Waals surface area contributed by atoms with E-state index in [9.17, 15) is 9.59 Å². The Labute approximate surface area is 219 Å². The van der Waals surface area contributed by atoms with Gasteiger partial charge >= 0.3 is 0 Å². The maximum atomic E-state index is 13.3. The normalized spacial score (nSPS) is 10.9. The monoisotopic (exact) mass is 503 g/mol. The summed E-state index contributed by atoms with van der Waals surface area (Å²) in [5, 5.41) is 8.23. The van der Waals surface area contributed by atoms with Crippen molar-refractivity contribution in [1.29, 1.82) is 0 Å². The molecule has 5 rings (SSSR count). The average molecular weight is 504 g/mol. The van der Waals surface area contributed by atoms with Crippen molar-refractivity contribution in [1.82, 2.24) is 9.78 Å². The number of hydrogen-bond donors (Lipinski definition) is 1. The number of halogens is 1. The molecule has 0 aliphatic heterocycles. The molecule has 0 radical (unpaired) electrons. The Bertz CT molecular complexity index is 1570. The fourth-order valence-corrected chi connectivity index (χ4v) is 4.06. The highest BCUT2D eigenvalue weighted by Gasteiger charge is 2.19. The number of aromatic nitrogens is 2. The minimum absolute atomic E-state index is 0.145. The lowest BCUT2D eigenvalue weighted by Crippen LogP contribution is -2.12. The summed E-state index contributed by atoms with van der Waals surface area (Å²) in [7, 11) is 0. The summed E-state index contributed by atoms with van der Waals surface area (Å²) in [5.41, 5.74) is 4.65. The minimum Gasteiger partial charge on any atom is -0.322 e. The van der Waals surface area contributed by atoms with E-state index in [4.69, 9.17) is 16.7 Å². The number of amides is 1.